The van der Waals surface area contributed by atoms with Crippen molar-refractivity contribution in [1.29, 1.82) is 0 Å². The van der Waals surface area contributed by atoms with Gasteiger partial charge >= 0.3 is 0 Å². The summed E-state index contributed by atoms with van der Waals surface area (Å²) >= 11 is 10.7. The lowest BCUT2D eigenvalue weighted by atomic mass is 10.1. The fraction of sp³-hybridized carbons (Fsp3) is 0.125. The second-order valence-electron chi connectivity index (χ2n) is 4.69. The van der Waals surface area contributed by atoms with Gasteiger partial charge in [-0.2, -0.15) is 5.10 Å². The number of benzene rings is 2. The van der Waals surface area contributed by atoms with E-state index in [2.05, 4.69) is 16.6 Å². The van der Waals surface area contributed by atoms with E-state index < -0.39 is 0 Å². The van der Waals surface area contributed by atoms with E-state index in [0.29, 0.717) is 17.4 Å². The summed E-state index contributed by atoms with van der Waals surface area (Å²) in [4.78, 5) is 0. The fourth-order valence-corrected chi connectivity index (χ4v) is 2.11. The maximum Gasteiger partial charge on any atom is 0.184 e. The summed E-state index contributed by atoms with van der Waals surface area (Å²) in [6, 6.07) is 13.5. The Morgan fingerprint density at radius 1 is 1.36 bits per heavy atom. The minimum atomic E-state index is 0.0977. The van der Waals surface area contributed by atoms with Crippen molar-refractivity contribution in [1.82, 2.24) is 5.43 Å². The zero-order valence-electron chi connectivity index (χ0n) is 12.0. The van der Waals surface area contributed by atoms with Gasteiger partial charge in [-0.25, -0.2) is 0 Å². The molecule has 4 nitrogen and oxygen atoms in total. The van der Waals surface area contributed by atoms with Crippen LogP contribution in [0.5, 0.6) is 5.75 Å². The Labute approximate surface area is 139 Å². The van der Waals surface area contributed by atoms with Crippen LogP contribution >= 0.6 is 23.8 Å². The molecule has 3 N–H and O–H groups in total. The Kier molecular flexibility index (Phi) is 5.75. The van der Waals surface area contributed by atoms with E-state index in [9.17, 15) is 0 Å². The molecule has 0 aliphatic heterocycles. The fourth-order valence-electron chi connectivity index (χ4n) is 1.88. The molecule has 0 amide bonds. The van der Waals surface area contributed by atoms with Crippen molar-refractivity contribution >= 4 is 35.1 Å². The third kappa shape index (κ3) is 5.02. The van der Waals surface area contributed by atoms with E-state index in [0.717, 1.165) is 11.1 Å². The molecule has 0 fully saturated rings. The van der Waals surface area contributed by atoms with Crippen molar-refractivity contribution in [2.24, 2.45) is 10.8 Å². The van der Waals surface area contributed by atoms with Gasteiger partial charge in [-0.15, -0.1) is 0 Å². The number of hydrogen-bond acceptors (Lipinski definition) is 3. The van der Waals surface area contributed by atoms with Crippen LogP contribution in [0, 0.1) is 6.92 Å². The highest BCUT2D eigenvalue weighted by Crippen LogP contribution is 2.22. The number of hydrogen-bond donors (Lipinski definition) is 2. The first-order chi connectivity index (χ1) is 10.5. The monoisotopic (exact) mass is 333 g/mol. The van der Waals surface area contributed by atoms with Crippen molar-refractivity contribution in [3.8, 4) is 5.75 Å². The molecule has 0 bridgehead atoms. The topological polar surface area (TPSA) is 59.6 Å². The summed E-state index contributed by atoms with van der Waals surface area (Å²) < 4.78 is 5.85. The summed E-state index contributed by atoms with van der Waals surface area (Å²) in [5.41, 5.74) is 10.9. The smallest absolute Gasteiger partial charge is 0.184 e. The van der Waals surface area contributed by atoms with Crippen LogP contribution in [0.15, 0.2) is 47.6 Å². The van der Waals surface area contributed by atoms with Crippen LogP contribution in [-0.2, 0) is 6.61 Å². The molecule has 22 heavy (non-hydrogen) atoms. The van der Waals surface area contributed by atoms with Gasteiger partial charge in [0.05, 0.1) is 6.21 Å². The van der Waals surface area contributed by atoms with Gasteiger partial charge in [0.15, 0.2) is 5.11 Å². The van der Waals surface area contributed by atoms with Crippen LogP contribution in [0.2, 0.25) is 5.02 Å². The van der Waals surface area contributed by atoms with Crippen molar-refractivity contribution < 1.29 is 4.74 Å². The summed E-state index contributed by atoms with van der Waals surface area (Å²) in [6.07, 6.45) is 1.57. The Morgan fingerprint density at radius 2 is 2.18 bits per heavy atom. The molecule has 0 saturated heterocycles. The van der Waals surface area contributed by atoms with Crippen molar-refractivity contribution in [2.45, 2.75) is 13.5 Å². The Balaban J connectivity index is 2.12. The van der Waals surface area contributed by atoms with E-state index in [1.54, 1.807) is 24.4 Å². The molecule has 2 rings (SSSR count). The van der Waals surface area contributed by atoms with E-state index in [1.165, 1.54) is 5.56 Å². The second-order valence-corrected chi connectivity index (χ2v) is 5.57. The first-order valence-electron chi connectivity index (χ1n) is 6.61. The van der Waals surface area contributed by atoms with E-state index >= 15 is 0 Å². The highest BCUT2D eigenvalue weighted by Gasteiger charge is 2.04. The molecule has 0 spiro atoms. The first kappa shape index (κ1) is 16.3. The van der Waals surface area contributed by atoms with Gasteiger partial charge in [-0.3, -0.25) is 5.43 Å². The number of nitrogens with two attached hydrogens (primary N) is 1. The molecule has 0 atom stereocenters. The van der Waals surface area contributed by atoms with E-state index in [1.807, 2.05) is 25.1 Å². The third-order valence-electron chi connectivity index (χ3n) is 2.83. The quantitative estimate of drug-likeness (QED) is 0.500. The number of aryl methyl sites for hydroxylation is 1. The average molecular weight is 334 g/mol. The summed E-state index contributed by atoms with van der Waals surface area (Å²) in [6.45, 7) is 2.51. The Hall–Kier alpha value is -2.11. The highest BCUT2D eigenvalue weighted by atomic mass is 35.5. The molecule has 2 aromatic carbocycles. The molecule has 0 aromatic heterocycles. The van der Waals surface area contributed by atoms with E-state index in [-0.39, 0.29) is 5.11 Å². The zero-order valence-corrected chi connectivity index (χ0v) is 13.6. The standard InChI is InChI=1S/C16H16ClN3OS/c1-11-3-2-4-12(7-11)10-21-15-6-5-14(17)8-13(15)9-19-20-16(18)22/h2-9H,10H2,1H3,(H3,18,20,22). The highest BCUT2D eigenvalue weighted by molar-refractivity contribution is 7.80. The predicted molar refractivity (Wildman–Crippen MR) is 94.5 cm³/mol. The average Bonchev–Trinajstić information content (AvgIpc) is 2.46. The first-order valence-corrected chi connectivity index (χ1v) is 7.39. The van der Waals surface area contributed by atoms with Crippen LogP contribution < -0.4 is 15.9 Å². The number of rotatable bonds is 5. The largest absolute Gasteiger partial charge is 0.488 e. The molecule has 0 aliphatic carbocycles. The van der Waals surface area contributed by atoms with E-state index in [4.69, 9.17) is 34.3 Å². The van der Waals surface area contributed by atoms with Gasteiger partial charge in [0, 0.05) is 10.6 Å². The number of thiocarbonyl (C=S) groups is 1. The number of hydrazone groups is 1. The molecule has 0 aliphatic rings. The van der Waals surface area contributed by atoms with Gasteiger partial charge in [-0.1, -0.05) is 41.4 Å². The number of halogens is 1. The zero-order chi connectivity index (χ0) is 15.9. The molecule has 0 unspecified atom stereocenters. The maximum absolute atomic E-state index is 6.01. The van der Waals surface area contributed by atoms with Crippen LogP contribution in [0.4, 0.5) is 0 Å². The Morgan fingerprint density at radius 3 is 2.91 bits per heavy atom. The Bertz CT molecular complexity index is 704. The van der Waals surface area contributed by atoms with Gasteiger partial charge in [0.1, 0.15) is 12.4 Å². The molecule has 114 valence electrons. The van der Waals surface area contributed by atoms with Crippen LogP contribution in [0.3, 0.4) is 0 Å². The summed E-state index contributed by atoms with van der Waals surface area (Å²) in [7, 11) is 0. The molecular formula is C16H16ClN3OS. The lowest BCUT2D eigenvalue weighted by Gasteiger charge is -2.10. The molecule has 2 aromatic rings. The van der Waals surface area contributed by atoms with Crippen LogP contribution in [-0.4, -0.2) is 11.3 Å². The molecule has 0 radical (unpaired) electrons. The van der Waals surface area contributed by atoms with Gasteiger partial charge in [-0.05, 0) is 42.9 Å². The SMILES string of the molecule is Cc1cccc(COc2ccc(Cl)cc2C=NNC(N)=S)c1. The molecular weight excluding hydrogens is 318 g/mol. The van der Waals surface area contributed by atoms with Gasteiger partial charge in [0.25, 0.3) is 0 Å². The lowest BCUT2D eigenvalue weighted by Crippen LogP contribution is -2.24. The van der Waals surface area contributed by atoms with Crippen molar-refractivity contribution in [3.63, 3.8) is 0 Å². The summed E-state index contributed by atoms with van der Waals surface area (Å²) in [5, 5.41) is 4.63. The minimum absolute atomic E-state index is 0.0977. The van der Waals surface area contributed by atoms with Crippen LogP contribution in [0.25, 0.3) is 0 Å². The summed E-state index contributed by atoms with van der Waals surface area (Å²) in [5.74, 6) is 0.680. The van der Waals surface area contributed by atoms with Crippen molar-refractivity contribution in [2.75, 3.05) is 0 Å². The third-order valence-corrected chi connectivity index (χ3v) is 3.15. The molecule has 0 heterocycles. The predicted octanol–water partition coefficient (Wildman–Crippen LogP) is 3.39. The molecule has 0 saturated carbocycles. The minimum Gasteiger partial charge on any atom is -0.488 e. The maximum atomic E-state index is 6.01. The number of nitrogens with one attached hydrogen (secondary N) is 1. The van der Waals surface area contributed by atoms with Gasteiger partial charge < -0.3 is 10.5 Å². The van der Waals surface area contributed by atoms with Crippen LogP contribution in [0.1, 0.15) is 16.7 Å². The number of nitrogens with zero attached hydrogens (tertiary/aromatic N) is 1. The second kappa shape index (κ2) is 7.77. The normalized spacial score (nSPS) is 10.6. The lowest BCUT2D eigenvalue weighted by molar-refractivity contribution is 0.305. The van der Waals surface area contributed by atoms with Gasteiger partial charge in [0.2, 0.25) is 0 Å². The molecule has 6 heteroatoms. The number of ether oxygens (including phenoxy) is 1. The van der Waals surface area contributed by atoms with Crippen molar-refractivity contribution in [3.05, 3.63) is 64.2 Å².